The van der Waals surface area contributed by atoms with Crippen LogP contribution in [0, 0.1) is 6.92 Å². The highest BCUT2D eigenvalue weighted by atomic mass is 15.2. The van der Waals surface area contributed by atoms with E-state index in [-0.39, 0.29) is 6.04 Å². The summed E-state index contributed by atoms with van der Waals surface area (Å²) in [4.78, 5) is 2.45. The summed E-state index contributed by atoms with van der Waals surface area (Å²) in [5.74, 6) is 0. The van der Waals surface area contributed by atoms with Crippen molar-refractivity contribution in [2.75, 3.05) is 11.4 Å². The molecule has 1 aliphatic rings. The largest absolute Gasteiger partial charge is 0.360 e. The van der Waals surface area contributed by atoms with E-state index in [0.29, 0.717) is 0 Å². The molecule has 0 unspecified atom stereocenters. The average Bonchev–Trinajstić information content (AvgIpc) is 2.86. The minimum absolute atomic E-state index is 0.268. The molecule has 0 saturated carbocycles. The van der Waals surface area contributed by atoms with Gasteiger partial charge in [0.05, 0.1) is 6.04 Å². The molecule has 0 aromatic heterocycles. The van der Waals surface area contributed by atoms with Gasteiger partial charge in [0.2, 0.25) is 0 Å². The summed E-state index contributed by atoms with van der Waals surface area (Å²) in [5.41, 5.74) is 5.42. The second-order valence-electron chi connectivity index (χ2n) is 5.16. The Labute approximate surface area is 115 Å². The third-order valence-corrected chi connectivity index (χ3v) is 3.90. The first-order valence-electron chi connectivity index (χ1n) is 6.83. The fraction of sp³-hybridized carbons (Fsp3) is 0.222. The number of aryl methyl sites for hydroxylation is 1. The van der Waals surface area contributed by atoms with Crippen LogP contribution in [-0.2, 0) is 6.42 Å². The van der Waals surface area contributed by atoms with Crippen LogP contribution in [-0.4, -0.2) is 6.54 Å². The predicted molar refractivity (Wildman–Crippen MR) is 81.6 cm³/mol. The summed E-state index contributed by atoms with van der Waals surface area (Å²) in [6.45, 7) is 7.23. The van der Waals surface area contributed by atoms with E-state index in [1.54, 1.807) is 0 Å². The maximum absolute atomic E-state index is 4.04. The SMILES string of the molecule is C=C[C@@H](c1ccc(C)cc1)N1CCc2ccccc21. The third-order valence-electron chi connectivity index (χ3n) is 3.90. The van der Waals surface area contributed by atoms with Gasteiger partial charge in [-0.15, -0.1) is 6.58 Å². The number of hydrogen-bond acceptors (Lipinski definition) is 1. The van der Waals surface area contributed by atoms with Crippen LogP contribution in [0.3, 0.4) is 0 Å². The Morgan fingerprint density at radius 3 is 2.58 bits per heavy atom. The molecule has 0 fully saturated rings. The van der Waals surface area contributed by atoms with E-state index in [1.807, 2.05) is 6.08 Å². The number of benzene rings is 2. The van der Waals surface area contributed by atoms with Crippen LogP contribution in [0.4, 0.5) is 5.69 Å². The van der Waals surface area contributed by atoms with E-state index in [2.05, 4.69) is 66.9 Å². The summed E-state index contributed by atoms with van der Waals surface area (Å²) >= 11 is 0. The second kappa shape index (κ2) is 4.93. The van der Waals surface area contributed by atoms with Crippen molar-refractivity contribution in [2.24, 2.45) is 0 Å². The maximum atomic E-state index is 4.04. The molecular formula is C18H19N. The molecule has 0 radical (unpaired) electrons. The Balaban J connectivity index is 1.96. The molecule has 1 heteroatoms. The predicted octanol–water partition coefficient (Wildman–Crippen LogP) is 4.28. The molecule has 0 N–H and O–H groups in total. The number of para-hydroxylation sites is 1. The molecular weight excluding hydrogens is 230 g/mol. The third kappa shape index (κ3) is 2.17. The minimum Gasteiger partial charge on any atom is -0.360 e. The summed E-state index contributed by atoms with van der Waals surface area (Å²) < 4.78 is 0. The van der Waals surface area contributed by atoms with Crippen molar-refractivity contribution in [1.82, 2.24) is 0 Å². The van der Waals surface area contributed by atoms with Gasteiger partial charge in [-0.3, -0.25) is 0 Å². The van der Waals surface area contributed by atoms with Crippen molar-refractivity contribution in [1.29, 1.82) is 0 Å². The van der Waals surface area contributed by atoms with Crippen LogP contribution < -0.4 is 4.90 Å². The zero-order valence-electron chi connectivity index (χ0n) is 11.3. The number of nitrogens with zero attached hydrogens (tertiary/aromatic N) is 1. The van der Waals surface area contributed by atoms with Crippen molar-refractivity contribution < 1.29 is 0 Å². The molecule has 2 aromatic carbocycles. The molecule has 2 aromatic rings. The first-order chi connectivity index (χ1) is 9.29. The number of anilines is 1. The Hall–Kier alpha value is -2.02. The van der Waals surface area contributed by atoms with Gasteiger partial charge in [-0.05, 0) is 30.5 Å². The maximum Gasteiger partial charge on any atom is 0.0724 e. The van der Waals surface area contributed by atoms with Gasteiger partial charge in [-0.25, -0.2) is 0 Å². The standard InChI is InChI=1S/C18H19N/c1-3-17(16-10-8-14(2)9-11-16)19-13-12-15-6-4-5-7-18(15)19/h3-11,17H,1,12-13H2,2H3/t17-/m0/s1. The van der Waals surface area contributed by atoms with Gasteiger partial charge in [-0.1, -0.05) is 54.1 Å². The number of fused-ring (bicyclic) bond motifs is 1. The fourth-order valence-electron chi connectivity index (χ4n) is 2.86. The lowest BCUT2D eigenvalue weighted by Crippen LogP contribution is -2.25. The molecule has 0 spiro atoms. The molecule has 1 atom stereocenters. The van der Waals surface area contributed by atoms with Crippen LogP contribution in [0.15, 0.2) is 61.2 Å². The van der Waals surface area contributed by atoms with E-state index in [1.165, 1.54) is 22.4 Å². The highest BCUT2D eigenvalue weighted by molar-refractivity contribution is 5.60. The molecule has 3 rings (SSSR count). The van der Waals surface area contributed by atoms with Crippen molar-refractivity contribution in [2.45, 2.75) is 19.4 Å². The Morgan fingerprint density at radius 1 is 1.11 bits per heavy atom. The van der Waals surface area contributed by atoms with Gasteiger partial charge in [0.1, 0.15) is 0 Å². The second-order valence-corrected chi connectivity index (χ2v) is 5.16. The molecule has 0 bridgehead atoms. The van der Waals surface area contributed by atoms with Crippen molar-refractivity contribution >= 4 is 5.69 Å². The van der Waals surface area contributed by atoms with Crippen molar-refractivity contribution in [3.8, 4) is 0 Å². The Morgan fingerprint density at radius 2 is 1.84 bits per heavy atom. The van der Waals surface area contributed by atoms with E-state index < -0.39 is 0 Å². The van der Waals surface area contributed by atoms with Gasteiger partial charge in [0.15, 0.2) is 0 Å². The monoisotopic (exact) mass is 249 g/mol. The van der Waals surface area contributed by atoms with E-state index in [0.717, 1.165) is 13.0 Å². The molecule has 1 aliphatic heterocycles. The summed E-state index contributed by atoms with van der Waals surface area (Å²) in [5, 5.41) is 0. The average molecular weight is 249 g/mol. The van der Waals surface area contributed by atoms with Gasteiger partial charge >= 0.3 is 0 Å². The molecule has 19 heavy (non-hydrogen) atoms. The lowest BCUT2D eigenvalue weighted by Gasteiger charge is -2.28. The Bertz CT molecular complexity index is 583. The van der Waals surface area contributed by atoms with Gasteiger partial charge in [0.25, 0.3) is 0 Å². The van der Waals surface area contributed by atoms with Crippen LogP contribution in [0.1, 0.15) is 22.7 Å². The smallest absolute Gasteiger partial charge is 0.0724 e. The minimum atomic E-state index is 0.268. The summed E-state index contributed by atoms with van der Waals surface area (Å²) in [6.07, 6.45) is 3.18. The zero-order chi connectivity index (χ0) is 13.2. The van der Waals surface area contributed by atoms with Crippen LogP contribution in [0.25, 0.3) is 0 Å². The topological polar surface area (TPSA) is 3.24 Å². The lowest BCUT2D eigenvalue weighted by molar-refractivity contribution is 0.754. The van der Waals surface area contributed by atoms with Crippen LogP contribution >= 0.6 is 0 Å². The van der Waals surface area contributed by atoms with Gasteiger partial charge in [0, 0.05) is 12.2 Å². The van der Waals surface area contributed by atoms with E-state index >= 15 is 0 Å². The molecule has 96 valence electrons. The lowest BCUT2D eigenvalue weighted by atomic mass is 10.0. The number of rotatable bonds is 3. The Kier molecular flexibility index (Phi) is 3.12. The summed E-state index contributed by atoms with van der Waals surface area (Å²) in [6, 6.07) is 17.7. The van der Waals surface area contributed by atoms with Crippen molar-refractivity contribution in [3.05, 3.63) is 77.9 Å². The highest BCUT2D eigenvalue weighted by Crippen LogP contribution is 2.35. The van der Waals surface area contributed by atoms with Gasteiger partial charge in [-0.2, -0.15) is 0 Å². The number of hydrogen-bond donors (Lipinski definition) is 0. The summed E-state index contributed by atoms with van der Waals surface area (Å²) in [7, 11) is 0. The quantitative estimate of drug-likeness (QED) is 0.734. The van der Waals surface area contributed by atoms with Gasteiger partial charge < -0.3 is 4.90 Å². The zero-order valence-corrected chi connectivity index (χ0v) is 11.3. The normalized spacial score (nSPS) is 15.1. The molecule has 1 heterocycles. The van der Waals surface area contributed by atoms with E-state index in [9.17, 15) is 0 Å². The first kappa shape index (κ1) is 12.0. The van der Waals surface area contributed by atoms with Crippen molar-refractivity contribution in [3.63, 3.8) is 0 Å². The first-order valence-corrected chi connectivity index (χ1v) is 6.83. The molecule has 0 aliphatic carbocycles. The van der Waals surface area contributed by atoms with Crippen LogP contribution in [0.5, 0.6) is 0 Å². The fourth-order valence-corrected chi connectivity index (χ4v) is 2.86. The molecule has 0 amide bonds. The highest BCUT2D eigenvalue weighted by Gasteiger charge is 2.24. The van der Waals surface area contributed by atoms with Crippen LogP contribution in [0.2, 0.25) is 0 Å². The molecule has 1 nitrogen and oxygen atoms in total. The van der Waals surface area contributed by atoms with E-state index in [4.69, 9.17) is 0 Å². The molecule has 0 saturated heterocycles.